The summed E-state index contributed by atoms with van der Waals surface area (Å²) in [6.07, 6.45) is -3.73. The topological polar surface area (TPSA) is 32.8 Å². The Morgan fingerprint density at radius 3 is 2.32 bits per heavy atom. The van der Waals surface area contributed by atoms with Crippen molar-refractivity contribution in [1.29, 1.82) is 0 Å². The summed E-state index contributed by atoms with van der Waals surface area (Å²) in [4.78, 5) is 16.1. The van der Waals surface area contributed by atoms with Gasteiger partial charge in [0, 0.05) is 31.2 Å². The molecule has 0 radical (unpaired) electrons. The Bertz CT molecular complexity index is 637. The zero-order valence-corrected chi connectivity index (χ0v) is 14.6. The highest BCUT2D eigenvalue weighted by molar-refractivity contribution is 5.69. The molecule has 2 unspecified atom stereocenters. The van der Waals surface area contributed by atoms with Gasteiger partial charge < -0.3 is 14.5 Å². The lowest BCUT2D eigenvalue weighted by Crippen LogP contribution is -2.39. The summed E-state index contributed by atoms with van der Waals surface area (Å²) in [5.74, 6) is 0.329. The number of carbonyl (C=O) groups excluding carboxylic acids is 1. The molecule has 1 aromatic carbocycles. The number of hydrogen-bond donors (Lipinski definition) is 0. The van der Waals surface area contributed by atoms with Crippen LogP contribution in [0.25, 0.3) is 0 Å². The monoisotopic (exact) mass is 356 g/mol. The minimum atomic E-state index is -4.33. The smallest absolute Gasteiger partial charge is 0.416 e. The number of alkyl halides is 3. The molecule has 7 heteroatoms. The number of benzene rings is 1. The van der Waals surface area contributed by atoms with Crippen LogP contribution in [0.1, 0.15) is 32.8 Å². The van der Waals surface area contributed by atoms with E-state index in [2.05, 4.69) is 4.90 Å². The van der Waals surface area contributed by atoms with Gasteiger partial charge in [-0.3, -0.25) is 0 Å². The van der Waals surface area contributed by atoms with E-state index in [0.717, 1.165) is 30.8 Å². The molecular weight excluding hydrogens is 333 g/mol. The van der Waals surface area contributed by atoms with E-state index < -0.39 is 17.3 Å². The number of nitrogens with zero attached hydrogens (tertiary/aromatic N) is 2. The summed E-state index contributed by atoms with van der Waals surface area (Å²) in [6.45, 7) is 7.46. The predicted molar refractivity (Wildman–Crippen MR) is 88.5 cm³/mol. The van der Waals surface area contributed by atoms with Gasteiger partial charge in [0.25, 0.3) is 0 Å². The van der Waals surface area contributed by atoms with E-state index in [4.69, 9.17) is 4.74 Å². The maximum Gasteiger partial charge on any atom is 0.416 e. The van der Waals surface area contributed by atoms with Crippen LogP contribution >= 0.6 is 0 Å². The number of amides is 1. The molecule has 2 heterocycles. The van der Waals surface area contributed by atoms with Gasteiger partial charge in [0.05, 0.1) is 11.6 Å². The zero-order valence-electron chi connectivity index (χ0n) is 14.6. The second kappa shape index (κ2) is 6.11. The molecule has 2 aliphatic rings. The Morgan fingerprint density at radius 2 is 1.76 bits per heavy atom. The highest BCUT2D eigenvalue weighted by Crippen LogP contribution is 2.37. The summed E-state index contributed by atoms with van der Waals surface area (Å²) in [7, 11) is 0. The average molecular weight is 356 g/mol. The van der Waals surface area contributed by atoms with E-state index in [1.54, 1.807) is 4.90 Å². The molecule has 25 heavy (non-hydrogen) atoms. The summed E-state index contributed by atoms with van der Waals surface area (Å²) in [5, 5.41) is 0. The number of carbonyl (C=O) groups is 1. The lowest BCUT2D eigenvalue weighted by atomic mass is 10.0. The summed E-state index contributed by atoms with van der Waals surface area (Å²) < 4.78 is 43.6. The molecule has 0 N–H and O–H groups in total. The first-order chi connectivity index (χ1) is 11.5. The van der Waals surface area contributed by atoms with Gasteiger partial charge in [-0.2, -0.15) is 13.2 Å². The van der Waals surface area contributed by atoms with Gasteiger partial charge in [0.15, 0.2) is 0 Å². The molecule has 0 saturated carbocycles. The van der Waals surface area contributed by atoms with Crippen molar-refractivity contribution in [3.63, 3.8) is 0 Å². The summed E-state index contributed by atoms with van der Waals surface area (Å²) in [5.41, 5.74) is -0.414. The second-order valence-corrected chi connectivity index (χ2v) is 7.74. The molecule has 4 nitrogen and oxygen atoms in total. The zero-order chi connectivity index (χ0) is 18.4. The van der Waals surface area contributed by atoms with E-state index in [1.807, 2.05) is 20.8 Å². The fourth-order valence-electron chi connectivity index (χ4n) is 3.60. The molecule has 0 spiro atoms. The Morgan fingerprint density at radius 1 is 1.12 bits per heavy atom. The molecule has 2 aliphatic heterocycles. The molecule has 0 aromatic heterocycles. The summed E-state index contributed by atoms with van der Waals surface area (Å²) in [6, 6.07) is 5.39. The Labute approximate surface area is 145 Å². The minimum absolute atomic E-state index is 0.129. The van der Waals surface area contributed by atoms with Crippen molar-refractivity contribution < 1.29 is 22.7 Å². The van der Waals surface area contributed by atoms with Crippen LogP contribution in [0.4, 0.5) is 23.7 Å². The lowest BCUT2D eigenvalue weighted by Gasteiger charge is -2.28. The van der Waals surface area contributed by atoms with Crippen LogP contribution in [-0.2, 0) is 10.9 Å². The molecule has 0 aliphatic carbocycles. The first-order valence-electron chi connectivity index (χ1n) is 8.46. The number of anilines is 1. The Hall–Kier alpha value is -1.92. The van der Waals surface area contributed by atoms with Crippen molar-refractivity contribution in [3.8, 4) is 0 Å². The van der Waals surface area contributed by atoms with E-state index in [-0.39, 0.29) is 12.1 Å². The molecular formula is C18H23F3N2O2. The van der Waals surface area contributed by atoms with Crippen LogP contribution in [0.3, 0.4) is 0 Å². The quantitative estimate of drug-likeness (QED) is 0.758. The van der Waals surface area contributed by atoms with Crippen molar-refractivity contribution >= 4 is 11.8 Å². The van der Waals surface area contributed by atoms with Crippen molar-refractivity contribution in [2.24, 2.45) is 5.92 Å². The number of hydrogen-bond acceptors (Lipinski definition) is 3. The van der Waals surface area contributed by atoms with Gasteiger partial charge >= 0.3 is 12.3 Å². The first-order valence-corrected chi connectivity index (χ1v) is 8.46. The second-order valence-electron chi connectivity index (χ2n) is 7.74. The van der Waals surface area contributed by atoms with Gasteiger partial charge in [-0.15, -0.1) is 0 Å². The average Bonchev–Trinajstić information content (AvgIpc) is 3.04. The van der Waals surface area contributed by atoms with Crippen LogP contribution < -0.4 is 4.90 Å². The van der Waals surface area contributed by atoms with Gasteiger partial charge in [-0.25, -0.2) is 4.79 Å². The largest absolute Gasteiger partial charge is 0.444 e. The maximum atomic E-state index is 12.7. The summed E-state index contributed by atoms with van der Waals surface area (Å²) >= 11 is 0. The lowest BCUT2D eigenvalue weighted by molar-refractivity contribution is -0.137. The van der Waals surface area contributed by atoms with E-state index in [9.17, 15) is 18.0 Å². The van der Waals surface area contributed by atoms with Crippen molar-refractivity contribution in [1.82, 2.24) is 4.90 Å². The Kier molecular flexibility index (Phi) is 4.37. The highest BCUT2D eigenvalue weighted by Gasteiger charge is 2.44. The molecule has 3 rings (SSSR count). The predicted octanol–water partition coefficient (Wildman–Crippen LogP) is 4.15. The molecule has 2 atom stereocenters. The van der Waals surface area contributed by atoms with Crippen molar-refractivity contribution in [2.75, 3.05) is 24.5 Å². The maximum absolute atomic E-state index is 12.7. The third kappa shape index (κ3) is 3.85. The number of halogens is 3. The van der Waals surface area contributed by atoms with Crippen LogP contribution in [-0.4, -0.2) is 42.3 Å². The van der Waals surface area contributed by atoms with Crippen LogP contribution in [0, 0.1) is 5.92 Å². The van der Waals surface area contributed by atoms with Crippen LogP contribution in [0.15, 0.2) is 24.3 Å². The van der Waals surface area contributed by atoms with Gasteiger partial charge in [0.2, 0.25) is 0 Å². The van der Waals surface area contributed by atoms with E-state index in [0.29, 0.717) is 19.0 Å². The standard InChI is InChI=1S/C18H23F3N2O2/c1-17(2,3)25-16(24)22-10-12-8-9-23(15(12)11-22)14-6-4-13(5-7-14)18(19,20)21/h4-7,12,15H,8-11H2,1-3H3. The third-order valence-electron chi connectivity index (χ3n) is 4.73. The number of rotatable bonds is 1. The fraction of sp³-hybridized carbons (Fsp3) is 0.611. The van der Waals surface area contributed by atoms with Gasteiger partial charge in [-0.1, -0.05) is 0 Å². The van der Waals surface area contributed by atoms with Crippen LogP contribution in [0.2, 0.25) is 0 Å². The Balaban J connectivity index is 1.69. The SMILES string of the molecule is CC(C)(C)OC(=O)N1CC2CCN(c3ccc(C(F)(F)F)cc3)C2C1. The van der Waals surface area contributed by atoms with Gasteiger partial charge in [-0.05, 0) is 51.5 Å². The number of fused-ring (bicyclic) bond motifs is 1. The van der Waals surface area contributed by atoms with Gasteiger partial charge in [0.1, 0.15) is 5.60 Å². The molecule has 0 bridgehead atoms. The first kappa shape index (κ1) is 17.9. The normalized spacial score (nSPS) is 23.8. The van der Waals surface area contributed by atoms with Crippen molar-refractivity contribution in [3.05, 3.63) is 29.8 Å². The number of likely N-dealkylation sites (tertiary alicyclic amines) is 1. The molecule has 2 saturated heterocycles. The van der Waals surface area contributed by atoms with E-state index in [1.165, 1.54) is 12.1 Å². The molecule has 138 valence electrons. The fourth-order valence-corrected chi connectivity index (χ4v) is 3.60. The van der Waals surface area contributed by atoms with Crippen LogP contribution in [0.5, 0.6) is 0 Å². The number of ether oxygens (including phenoxy) is 1. The molecule has 2 fully saturated rings. The van der Waals surface area contributed by atoms with Crippen molar-refractivity contribution in [2.45, 2.75) is 45.0 Å². The molecule has 1 amide bonds. The third-order valence-corrected chi connectivity index (χ3v) is 4.73. The minimum Gasteiger partial charge on any atom is -0.444 e. The molecule has 1 aromatic rings. The van der Waals surface area contributed by atoms with E-state index >= 15 is 0 Å². The highest BCUT2D eigenvalue weighted by atomic mass is 19.4.